The van der Waals surface area contributed by atoms with Crippen molar-refractivity contribution in [3.8, 4) is 0 Å². The summed E-state index contributed by atoms with van der Waals surface area (Å²) in [5.41, 5.74) is 0.541. The van der Waals surface area contributed by atoms with E-state index in [9.17, 15) is 14.7 Å². The lowest BCUT2D eigenvalue weighted by Crippen LogP contribution is -2.48. The number of carbonyl (C=O) groups is 2. The van der Waals surface area contributed by atoms with Gasteiger partial charge in [0, 0.05) is 18.3 Å². The van der Waals surface area contributed by atoms with Gasteiger partial charge in [-0.1, -0.05) is 19.9 Å². The minimum atomic E-state index is -0.625. The van der Waals surface area contributed by atoms with E-state index in [2.05, 4.69) is 11.9 Å². The zero-order valence-electron chi connectivity index (χ0n) is 13.4. The van der Waals surface area contributed by atoms with Crippen LogP contribution in [0, 0.1) is 0 Å². The highest BCUT2D eigenvalue weighted by Crippen LogP contribution is 2.16. The van der Waals surface area contributed by atoms with Crippen LogP contribution in [0.2, 0.25) is 0 Å². The van der Waals surface area contributed by atoms with Crippen LogP contribution in [0.15, 0.2) is 36.9 Å². The molecule has 0 saturated heterocycles. The molecule has 1 unspecified atom stereocenters. The molecule has 0 fully saturated rings. The number of rotatable bonds is 7. The summed E-state index contributed by atoms with van der Waals surface area (Å²) in [5, 5.41) is 12.3. The van der Waals surface area contributed by atoms with Gasteiger partial charge in [0.15, 0.2) is 0 Å². The van der Waals surface area contributed by atoms with Crippen LogP contribution >= 0.6 is 0 Å². The van der Waals surface area contributed by atoms with Crippen molar-refractivity contribution >= 4 is 17.5 Å². The summed E-state index contributed by atoms with van der Waals surface area (Å²) in [5.74, 6) is -0.456. The molecule has 0 heterocycles. The Bertz CT molecular complexity index is 539. The third kappa shape index (κ3) is 4.43. The number of nitrogens with one attached hydrogen (secondary N) is 1. The van der Waals surface area contributed by atoms with Gasteiger partial charge in [-0.15, -0.1) is 0 Å². The Morgan fingerprint density at radius 3 is 2.41 bits per heavy atom. The number of likely N-dealkylation sites (N-methyl/N-ethyl adjacent to an activating group) is 1. The van der Waals surface area contributed by atoms with Crippen LogP contribution in [0.4, 0.5) is 5.69 Å². The smallest absolute Gasteiger partial charge is 0.251 e. The molecular formula is C17H24N2O3. The largest absolute Gasteiger partial charge is 0.394 e. The van der Waals surface area contributed by atoms with Gasteiger partial charge in [0.1, 0.15) is 0 Å². The summed E-state index contributed by atoms with van der Waals surface area (Å²) in [7, 11) is 1.64. The lowest BCUT2D eigenvalue weighted by Gasteiger charge is -2.28. The summed E-state index contributed by atoms with van der Waals surface area (Å²) >= 11 is 0. The maximum atomic E-state index is 12.2. The van der Waals surface area contributed by atoms with Crippen molar-refractivity contribution in [3.05, 3.63) is 42.5 Å². The molecule has 2 N–H and O–H groups in total. The third-order valence-corrected chi connectivity index (χ3v) is 3.59. The summed E-state index contributed by atoms with van der Waals surface area (Å²) in [4.78, 5) is 25.2. The fraction of sp³-hybridized carbons (Fsp3) is 0.412. The van der Waals surface area contributed by atoms with Crippen LogP contribution in [0.25, 0.3) is 0 Å². The molecule has 0 radical (unpaired) electrons. The number of aliphatic hydroxyl groups is 1. The SMILES string of the molecule is C=CC(=O)N(C)c1ccc(C(=O)NC(C)(CO)CCC)cc1. The molecule has 0 aliphatic carbocycles. The number of benzene rings is 1. The van der Waals surface area contributed by atoms with E-state index in [0.29, 0.717) is 17.7 Å². The summed E-state index contributed by atoms with van der Waals surface area (Å²) in [6, 6.07) is 6.71. The van der Waals surface area contributed by atoms with Crippen LogP contribution in [0.3, 0.4) is 0 Å². The van der Waals surface area contributed by atoms with Crippen LogP contribution in [0.1, 0.15) is 37.0 Å². The monoisotopic (exact) mass is 304 g/mol. The summed E-state index contributed by atoms with van der Waals surface area (Å²) in [6.45, 7) is 7.15. The predicted octanol–water partition coefficient (Wildman–Crippen LogP) is 2.12. The second-order valence-electron chi connectivity index (χ2n) is 5.57. The average Bonchev–Trinajstić information content (AvgIpc) is 2.53. The first kappa shape index (κ1) is 17.9. The molecule has 0 spiro atoms. The second kappa shape index (κ2) is 7.75. The van der Waals surface area contributed by atoms with Crippen molar-refractivity contribution in [3.63, 3.8) is 0 Å². The number of anilines is 1. The van der Waals surface area contributed by atoms with Crippen molar-refractivity contribution in [2.24, 2.45) is 0 Å². The van der Waals surface area contributed by atoms with E-state index in [1.807, 2.05) is 13.8 Å². The van der Waals surface area contributed by atoms with Crippen molar-refractivity contribution in [2.45, 2.75) is 32.2 Å². The molecule has 1 atom stereocenters. The quantitative estimate of drug-likeness (QED) is 0.758. The van der Waals surface area contributed by atoms with Gasteiger partial charge in [0.05, 0.1) is 12.1 Å². The highest BCUT2D eigenvalue weighted by molar-refractivity contribution is 6.01. The van der Waals surface area contributed by atoms with E-state index >= 15 is 0 Å². The van der Waals surface area contributed by atoms with Crippen molar-refractivity contribution in [1.29, 1.82) is 0 Å². The van der Waals surface area contributed by atoms with Crippen LogP contribution < -0.4 is 10.2 Å². The van der Waals surface area contributed by atoms with Gasteiger partial charge in [-0.25, -0.2) is 0 Å². The van der Waals surface area contributed by atoms with E-state index in [4.69, 9.17) is 0 Å². The predicted molar refractivity (Wildman–Crippen MR) is 87.9 cm³/mol. The minimum absolute atomic E-state index is 0.110. The molecule has 120 valence electrons. The molecule has 0 aliphatic heterocycles. The fourth-order valence-electron chi connectivity index (χ4n) is 2.18. The first-order chi connectivity index (χ1) is 10.4. The highest BCUT2D eigenvalue weighted by Gasteiger charge is 2.25. The fourth-order valence-corrected chi connectivity index (χ4v) is 2.18. The maximum absolute atomic E-state index is 12.2. The third-order valence-electron chi connectivity index (χ3n) is 3.59. The molecule has 0 bridgehead atoms. The van der Waals surface area contributed by atoms with Crippen LogP contribution in [0.5, 0.6) is 0 Å². The second-order valence-corrected chi connectivity index (χ2v) is 5.57. The minimum Gasteiger partial charge on any atom is -0.394 e. The molecule has 1 aromatic carbocycles. The number of carbonyl (C=O) groups excluding carboxylic acids is 2. The van der Waals surface area contributed by atoms with Gasteiger partial charge in [-0.05, 0) is 43.7 Å². The molecule has 0 aromatic heterocycles. The Kier molecular flexibility index (Phi) is 6.31. The standard InChI is InChI=1S/C17H24N2O3/c1-5-11-17(3,12-20)18-16(22)13-7-9-14(10-8-13)19(4)15(21)6-2/h6-10,20H,2,5,11-12H2,1,3-4H3,(H,18,22). The van der Waals surface area contributed by atoms with Crippen molar-refractivity contribution in [2.75, 3.05) is 18.6 Å². The topological polar surface area (TPSA) is 69.6 Å². The van der Waals surface area contributed by atoms with E-state index < -0.39 is 5.54 Å². The zero-order valence-corrected chi connectivity index (χ0v) is 13.4. The Morgan fingerprint density at radius 2 is 1.95 bits per heavy atom. The molecule has 5 nitrogen and oxygen atoms in total. The maximum Gasteiger partial charge on any atom is 0.251 e. The van der Waals surface area contributed by atoms with Gasteiger partial charge < -0.3 is 15.3 Å². The van der Waals surface area contributed by atoms with Gasteiger partial charge in [0.25, 0.3) is 5.91 Å². The van der Waals surface area contributed by atoms with Crippen molar-refractivity contribution < 1.29 is 14.7 Å². The van der Waals surface area contributed by atoms with Gasteiger partial charge >= 0.3 is 0 Å². The zero-order chi connectivity index (χ0) is 16.8. The number of aliphatic hydroxyl groups excluding tert-OH is 1. The van der Waals surface area contributed by atoms with E-state index in [-0.39, 0.29) is 18.4 Å². The highest BCUT2D eigenvalue weighted by atomic mass is 16.3. The molecule has 5 heteroatoms. The Labute approximate surface area is 131 Å². The Morgan fingerprint density at radius 1 is 1.36 bits per heavy atom. The number of hydrogen-bond acceptors (Lipinski definition) is 3. The first-order valence-electron chi connectivity index (χ1n) is 7.30. The van der Waals surface area contributed by atoms with Gasteiger partial charge in [-0.3, -0.25) is 9.59 Å². The van der Waals surface area contributed by atoms with Gasteiger partial charge in [0.2, 0.25) is 5.91 Å². The Balaban J connectivity index is 2.84. The molecule has 22 heavy (non-hydrogen) atoms. The van der Waals surface area contributed by atoms with E-state index in [1.165, 1.54) is 11.0 Å². The van der Waals surface area contributed by atoms with Gasteiger partial charge in [-0.2, -0.15) is 0 Å². The molecule has 2 amide bonds. The molecule has 1 aromatic rings. The lowest BCUT2D eigenvalue weighted by atomic mass is 9.96. The number of nitrogens with zero attached hydrogens (tertiary/aromatic N) is 1. The number of hydrogen-bond donors (Lipinski definition) is 2. The first-order valence-corrected chi connectivity index (χ1v) is 7.30. The summed E-state index contributed by atoms with van der Waals surface area (Å²) < 4.78 is 0. The molecule has 1 rings (SSSR count). The Hall–Kier alpha value is -2.14. The van der Waals surface area contributed by atoms with Crippen LogP contribution in [-0.2, 0) is 4.79 Å². The van der Waals surface area contributed by atoms with Crippen molar-refractivity contribution in [1.82, 2.24) is 5.32 Å². The number of amides is 2. The molecular weight excluding hydrogens is 280 g/mol. The van der Waals surface area contributed by atoms with E-state index in [1.54, 1.807) is 31.3 Å². The summed E-state index contributed by atoms with van der Waals surface area (Å²) in [6.07, 6.45) is 2.80. The molecule has 0 saturated carbocycles. The average molecular weight is 304 g/mol. The van der Waals surface area contributed by atoms with E-state index in [0.717, 1.165) is 6.42 Å². The lowest BCUT2D eigenvalue weighted by molar-refractivity contribution is -0.113. The van der Waals surface area contributed by atoms with Crippen LogP contribution in [-0.4, -0.2) is 36.1 Å². The normalized spacial score (nSPS) is 13.1. The molecule has 0 aliphatic rings.